The Hall–Kier alpha value is -1.03. The number of carbonyl (C=O) groups is 1. The highest BCUT2D eigenvalue weighted by Gasteiger charge is 2.25. The predicted octanol–water partition coefficient (Wildman–Crippen LogP) is 3.70. The van der Waals surface area contributed by atoms with Gasteiger partial charge in [0.05, 0.1) is 10.6 Å². The Morgan fingerprint density at radius 1 is 1.33 bits per heavy atom. The molecule has 1 aliphatic carbocycles. The lowest BCUT2D eigenvalue weighted by Gasteiger charge is -2.30. The normalized spacial score (nSPS) is 28.0. The molecule has 0 aliphatic heterocycles. The van der Waals surface area contributed by atoms with E-state index in [0.717, 1.165) is 16.9 Å². The molecule has 0 amide bonds. The van der Waals surface area contributed by atoms with E-state index in [9.17, 15) is 4.79 Å². The van der Waals surface area contributed by atoms with Crippen molar-refractivity contribution in [1.29, 1.82) is 0 Å². The van der Waals surface area contributed by atoms with Gasteiger partial charge in [0.25, 0.3) is 0 Å². The molecule has 2 unspecified atom stereocenters. The number of rotatable bonds is 3. The van der Waals surface area contributed by atoms with Crippen LogP contribution in [-0.4, -0.2) is 21.3 Å². The molecule has 3 nitrogen and oxygen atoms in total. The summed E-state index contributed by atoms with van der Waals surface area (Å²) >= 11 is 1.73. The van der Waals surface area contributed by atoms with E-state index in [2.05, 4.69) is 18.8 Å². The smallest absolute Gasteiger partial charge is 0.335 e. The third kappa shape index (κ3) is 3.48. The van der Waals surface area contributed by atoms with Crippen molar-refractivity contribution in [2.45, 2.75) is 43.4 Å². The van der Waals surface area contributed by atoms with Crippen molar-refractivity contribution in [1.82, 2.24) is 4.98 Å². The summed E-state index contributed by atoms with van der Waals surface area (Å²) in [5, 5.41) is 10.4. The van der Waals surface area contributed by atoms with Crippen molar-refractivity contribution in [2.75, 3.05) is 0 Å². The molecular weight excluding hydrogens is 246 g/mol. The number of aromatic nitrogens is 1. The average Bonchev–Trinajstić information content (AvgIpc) is 2.27. The zero-order valence-corrected chi connectivity index (χ0v) is 11.6. The van der Waals surface area contributed by atoms with Gasteiger partial charge < -0.3 is 5.11 Å². The second kappa shape index (κ2) is 5.74. The molecule has 1 aromatic heterocycles. The molecule has 1 heterocycles. The summed E-state index contributed by atoms with van der Waals surface area (Å²) < 4.78 is 0. The summed E-state index contributed by atoms with van der Waals surface area (Å²) in [5.74, 6) is 0.632. The van der Waals surface area contributed by atoms with Crippen LogP contribution in [0.3, 0.4) is 0 Å². The lowest BCUT2D eigenvalue weighted by atomic mass is 9.83. The predicted molar refractivity (Wildman–Crippen MR) is 73.0 cm³/mol. The molecule has 0 spiro atoms. The molecule has 0 saturated heterocycles. The van der Waals surface area contributed by atoms with E-state index in [1.165, 1.54) is 19.3 Å². The first kappa shape index (κ1) is 13.4. The lowest BCUT2D eigenvalue weighted by molar-refractivity contribution is 0.0696. The average molecular weight is 265 g/mol. The fourth-order valence-corrected chi connectivity index (χ4v) is 4.25. The van der Waals surface area contributed by atoms with Crippen LogP contribution in [0, 0.1) is 11.8 Å². The van der Waals surface area contributed by atoms with Crippen LogP contribution in [0.25, 0.3) is 0 Å². The zero-order valence-electron chi connectivity index (χ0n) is 10.8. The molecule has 18 heavy (non-hydrogen) atoms. The van der Waals surface area contributed by atoms with Crippen LogP contribution >= 0.6 is 11.8 Å². The second-order valence-electron chi connectivity index (χ2n) is 5.35. The van der Waals surface area contributed by atoms with Crippen molar-refractivity contribution in [3.8, 4) is 0 Å². The van der Waals surface area contributed by atoms with Crippen LogP contribution in [0.1, 0.15) is 43.5 Å². The molecule has 0 aromatic carbocycles. The quantitative estimate of drug-likeness (QED) is 0.905. The summed E-state index contributed by atoms with van der Waals surface area (Å²) in [6.45, 7) is 4.59. The highest BCUT2D eigenvalue weighted by atomic mass is 32.2. The minimum absolute atomic E-state index is 0.324. The molecule has 0 radical (unpaired) electrons. The fourth-order valence-electron chi connectivity index (χ4n) is 2.75. The number of pyridine rings is 1. The Morgan fingerprint density at radius 2 is 2.00 bits per heavy atom. The van der Waals surface area contributed by atoms with Gasteiger partial charge in [-0.1, -0.05) is 13.8 Å². The minimum Gasteiger partial charge on any atom is -0.478 e. The summed E-state index contributed by atoms with van der Waals surface area (Å²) in [6, 6.07) is 3.22. The highest BCUT2D eigenvalue weighted by Crippen LogP contribution is 2.38. The zero-order chi connectivity index (χ0) is 13.1. The van der Waals surface area contributed by atoms with Crippen LogP contribution in [-0.2, 0) is 0 Å². The Balaban J connectivity index is 2.04. The summed E-state index contributed by atoms with van der Waals surface area (Å²) in [6.07, 6.45) is 5.29. The van der Waals surface area contributed by atoms with Gasteiger partial charge in [0.15, 0.2) is 0 Å². The first-order chi connectivity index (χ1) is 8.54. The van der Waals surface area contributed by atoms with Crippen LogP contribution in [0.15, 0.2) is 23.4 Å². The van der Waals surface area contributed by atoms with E-state index in [0.29, 0.717) is 10.8 Å². The van der Waals surface area contributed by atoms with Crippen LogP contribution < -0.4 is 0 Å². The first-order valence-corrected chi connectivity index (χ1v) is 7.28. The lowest BCUT2D eigenvalue weighted by Crippen LogP contribution is -2.21. The SMILES string of the molecule is CC1CC(C)CC(Sc2cc(C(=O)O)ccn2)C1. The third-order valence-corrected chi connectivity index (χ3v) is 4.59. The molecule has 2 rings (SSSR count). The summed E-state index contributed by atoms with van der Waals surface area (Å²) in [5.41, 5.74) is 0.324. The summed E-state index contributed by atoms with van der Waals surface area (Å²) in [7, 11) is 0. The minimum atomic E-state index is -0.885. The van der Waals surface area contributed by atoms with E-state index in [1.807, 2.05) is 0 Å². The molecule has 1 aromatic rings. The van der Waals surface area contributed by atoms with Gasteiger partial charge in [-0.3, -0.25) is 0 Å². The first-order valence-electron chi connectivity index (χ1n) is 6.40. The molecule has 1 saturated carbocycles. The maximum atomic E-state index is 10.9. The Morgan fingerprint density at radius 3 is 2.61 bits per heavy atom. The number of hydrogen-bond donors (Lipinski definition) is 1. The van der Waals surface area contributed by atoms with Crippen LogP contribution in [0.4, 0.5) is 0 Å². The molecule has 4 heteroatoms. The Labute approximate surface area is 112 Å². The van der Waals surface area contributed by atoms with E-state index in [4.69, 9.17) is 5.11 Å². The number of thioether (sulfide) groups is 1. The van der Waals surface area contributed by atoms with Crippen molar-refractivity contribution in [2.24, 2.45) is 11.8 Å². The van der Waals surface area contributed by atoms with Crippen molar-refractivity contribution >= 4 is 17.7 Å². The van der Waals surface area contributed by atoms with E-state index < -0.39 is 5.97 Å². The largest absolute Gasteiger partial charge is 0.478 e. The van der Waals surface area contributed by atoms with Crippen LogP contribution in [0.2, 0.25) is 0 Å². The van der Waals surface area contributed by atoms with Crippen molar-refractivity contribution < 1.29 is 9.90 Å². The number of nitrogens with zero attached hydrogens (tertiary/aromatic N) is 1. The second-order valence-corrected chi connectivity index (χ2v) is 6.67. The van der Waals surface area contributed by atoms with Gasteiger partial charge in [0, 0.05) is 11.4 Å². The van der Waals surface area contributed by atoms with Gasteiger partial charge >= 0.3 is 5.97 Å². The van der Waals surface area contributed by atoms with E-state index >= 15 is 0 Å². The van der Waals surface area contributed by atoms with E-state index in [-0.39, 0.29) is 0 Å². The maximum absolute atomic E-state index is 10.9. The van der Waals surface area contributed by atoms with Gasteiger partial charge in [-0.25, -0.2) is 9.78 Å². The number of carboxylic acids is 1. The summed E-state index contributed by atoms with van der Waals surface area (Å²) in [4.78, 5) is 15.2. The maximum Gasteiger partial charge on any atom is 0.335 e. The van der Waals surface area contributed by atoms with Gasteiger partial charge in [0.1, 0.15) is 0 Å². The van der Waals surface area contributed by atoms with Crippen molar-refractivity contribution in [3.05, 3.63) is 23.9 Å². The topological polar surface area (TPSA) is 50.2 Å². The standard InChI is InChI=1S/C14H19NO2S/c1-9-5-10(2)7-12(6-9)18-13-8-11(14(16)17)3-4-15-13/h3-4,8-10,12H,5-7H2,1-2H3,(H,16,17). The highest BCUT2D eigenvalue weighted by molar-refractivity contribution is 7.99. The third-order valence-electron chi connectivity index (χ3n) is 3.40. The molecule has 98 valence electrons. The van der Waals surface area contributed by atoms with E-state index in [1.54, 1.807) is 30.1 Å². The van der Waals surface area contributed by atoms with Gasteiger partial charge in [-0.15, -0.1) is 11.8 Å². The molecule has 1 fully saturated rings. The number of hydrogen-bond acceptors (Lipinski definition) is 3. The Kier molecular flexibility index (Phi) is 4.27. The monoisotopic (exact) mass is 265 g/mol. The van der Waals surface area contributed by atoms with Gasteiger partial charge in [-0.2, -0.15) is 0 Å². The molecular formula is C14H19NO2S. The van der Waals surface area contributed by atoms with Crippen LogP contribution in [0.5, 0.6) is 0 Å². The van der Waals surface area contributed by atoms with Crippen molar-refractivity contribution in [3.63, 3.8) is 0 Å². The van der Waals surface area contributed by atoms with Gasteiger partial charge in [-0.05, 0) is 43.2 Å². The Bertz CT molecular complexity index is 426. The number of carboxylic acid groups (broad SMARTS) is 1. The molecule has 1 N–H and O–H groups in total. The number of aromatic carboxylic acids is 1. The van der Waals surface area contributed by atoms with Gasteiger partial charge in [0.2, 0.25) is 0 Å². The fraction of sp³-hybridized carbons (Fsp3) is 0.571. The molecule has 0 bridgehead atoms. The molecule has 2 atom stereocenters. The molecule has 1 aliphatic rings.